The summed E-state index contributed by atoms with van der Waals surface area (Å²) in [5.41, 5.74) is 0. The fourth-order valence-electron chi connectivity index (χ4n) is 2.74. The number of methoxy groups -OCH3 is 1. The minimum Gasteiger partial charge on any atom is -0.382 e. The quantitative estimate of drug-likeness (QED) is 0.584. The summed E-state index contributed by atoms with van der Waals surface area (Å²) < 4.78 is 16.0. The zero-order chi connectivity index (χ0) is 15.5. The van der Waals surface area contributed by atoms with Crippen molar-refractivity contribution in [3.05, 3.63) is 0 Å². The Bertz CT molecular complexity index is 254. The molecule has 1 fully saturated rings. The van der Waals surface area contributed by atoms with Crippen molar-refractivity contribution >= 4 is 0 Å². The second-order valence-electron chi connectivity index (χ2n) is 5.97. The van der Waals surface area contributed by atoms with Gasteiger partial charge in [-0.15, -0.1) is 0 Å². The molecule has 1 rings (SSSR count). The van der Waals surface area contributed by atoms with Crippen LogP contribution in [-0.2, 0) is 14.2 Å². The van der Waals surface area contributed by atoms with E-state index in [0.29, 0.717) is 38.5 Å². The Morgan fingerprint density at radius 1 is 1.14 bits per heavy atom. The summed E-state index contributed by atoms with van der Waals surface area (Å²) in [6.45, 7) is 13.5. The third-order valence-electron chi connectivity index (χ3n) is 4.28. The molecule has 3 atom stereocenters. The molecule has 0 aromatic heterocycles. The highest BCUT2D eigenvalue weighted by atomic mass is 16.5. The molecule has 1 aliphatic rings. The van der Waals surface area contributed by atoms with Crippen LogP contribution in [0.3, 0.4) is 0 Å². The van der Waals surface area contributed by atoms with E-state index in [4.69, 9.17) is 14.2 Å². The van der Waals surface area contributed by atoms with Crippen LogP contribution in [0.4, 0.5) is 0 Å². The van der Waals surface area contributed by atoms with Crippen LogP contribution in [0, 0.1) is 5.92 Å². The summed E-state index contributed by atoms with van der Waals surface area (Å²) in [5, 5.41) is 3.59. The average Bonchev–Trinajstić information content (AvgIpc) is 2.49. The molecule has 0 radical (unpaired) electrons. The van der Waals surface area contributed by atoms with Crippen LogP contribution < -0.4 is 5.32 Å². The van der Waals surface area contributed by atoms with E-state index in [-0.39, 0.29) is 0 Å². The molecular weight excluding hydrogens is 268 g/mol. The standard InChI is InChI=1S/C16H34N2O3/c1-5-14(2)16-12-17-15(3)13-18(16)6-7-20-10-11-21-9-8-19-4/h14-17H,5-13H2,1-4H3. The summed E-state index contributed by atoms with van der Waals surface area (Å²) in [5.74, 6) is 0.724. The normalized spacial score (nSPS) is 25.1. The topological polar surface area (TPSA) is 43.0 Å². The fourth-order valence-corrected chi connectivity index (χ4v) is 2.74. The molecule has 0 saturated carbocycles. The number of hydrogen-bond donors (Lipinski definition) is 1. The second kappa shape index (κ2) is 11.4. The lowest BCUT2D eigenvalue weighted by atomic mass is 9.95. The highest BCUT2D eigenvalue weighted by Gasteiger charge is 2.28. The largest absolute Gasteiger partial charge is 0.382 e. The van der Waals surface area contributed by atoms with Gasteiger partial charge in [-0.3, -0.25) is 4.90 Å². The Balaban J connectivity index is 2.15. The van der Waals surface area contributed by atoms with Gasteiger partial charge in [-0.05, 0) is 12.8 Å². The smallest absolute Gasteiger partial charge is 0.0701 e. The Morgan fingerprint density at radius 2 is 1.81 bits per heavy atom. The van der Waals surface area contributed by atoms with Crippen molar-refractivity contribution in [1.82, 2.24) is 10.2 Å². The number of rotatable bonds is 11. The lowest BCUT2D eigenvalue weighted by Gasteiger charge is -2.42. The third-order valence-corrected chi connectivity index (χ3v) is 4.28. The molecule has 21 heavy (non-hydrogen) atoms. The van der Waals surface area contributed by atoms with Crippen molar-refractivity contribution in [3.63, 3.8) is 0 Å². The van der Waals surface area contributed by atoms with Crippen molar-refractivity contribution in [2.75, 3.05) is 59.8 Å². The second-order valence-corrected chi connectivity index (χ2v) is 5.97. The molecule has 1 heterocycles. The molecule has 0 spiro atoms. The van der Waals surface area contributed by atoms with Gasteiger partial charge >= 0.3 is 0 Å². The first-order valence-electron chi connectivity index (χ1n) is 8.30. The molecule has 0 amide bonds. The van der Waals surface area contributed by atoms with E-state index >= 15 is 0 Å². The van der Waals surface area contributed by atoms with Crippen molar-refractivity contribution < 1.29 is 14.2 Å². The van der Waals surface area contributed by atoms with Crippen molar-refractivity contribution in [2.24, 2.45) is 5.92 Å². The average molecular weight is 302 g/mol. The summed E-state index contributed by atoms with van der Waals surface area (Å²) in [7, 11) is 1.68. The fraction of sp³-hybridized carbons (Fsp3) is 1.00. The highest BCUT2D eigenvalue weighted by Crippen LogP contribution is 2.17. The predicted molar refractivity (Wildman–Crippen MR) is 85.8 cm³/mol. The Kier molecular flexibility index (Phi) is 10.2. The zero-order valence-corrected chi connectivity index (χ0v) is 14.3. The van der Waals surface area contributed by atoms with Crippen molar-refractivity contribution in [1.29, 1.82) is 0 Å². The molecule has 1 N–H and O–H groups in total. The van der Waals surface area contributed by atoms with Crippen LogP contribution in [0.2, 0.25) is 0 Å². The molecular formula is C16H34N2O3. The first-order valence-corrected chi connectivity index (χ1v) is 8.30. The lowest BCUT2D eigenvalue weighted by Crippen LogP contribution is -2.58. The van der Waals surface area contributed by atoms with E-state index in [1.807, 2.05) is 0 Å². The van der Waals surface area contributed by atoms with Crippen LogP contribution in [0.25, 0.3) is 0 Å². The predicted octanol–water partition coefficient (Wildman–Crippen LogP) is 1.37. The van der Waals surface area contributed by atoms with Gasteiger partial charge in [-0.25, -0.2) is 0 Å². The van der Waals surface area contributed by atoms with Gasteiger partial charge in [-0.1, -0.05) is 20.3 Å². The zero-order valence-electron chi connectivity index (χ0n) is 14.3. The Labute approximate surface area is 130 Å². The third kappa shape index (κ3) is 7.56. The van der Waals surface area contributed by atoms with Gasteiger partial charge in [0, 0.05) is 38.8 Å². The molecule has 0 aromatic carbocycles. The molecule has 5 heteroatoms. The molecule has 1 saturated heterocycles. The van der Waals surface area contributed by atoms with Crippen LogP contribution >= 0.6 is 0 Å². The minimum atomic E-state index is 0.572. The molecule has 1 aliphatic heterocycles. The number of nitrogens with one attached hydrogen (secondary N) is 1. The summed E-state index contributed by atoms with van der Waals surface area (Å²) in [6, 6.07) is 1.20. The van der Waals surface area contributed by atoms with Crippen LogP contribution in [0.15, 0.2) is 0 Å². The number of nitrogens with zero attached hydrogens (tertiary/aromatic N) is 1. The maximum absolute atomic E-state index is 5.69. The first kappa shape index (κ1) is 18.8. The molecule has 126 valence electrons. The monoisotopic (exact) mass is 302 g/mol. The number of ether oxygens (including phenoxy) is 3. The van der Waals surface area contributed by atoms with Crippen molar-refractivity contribution in [2.45, 2.75) is 39.3 Å². The molecule has 5 nitrogen and oxygen atoms in total. The molecule has 0 bridgehead atoms. The van der Waals surface area contributed by atoms with Crippen LogP contribution in [0.1, 0.15) is 27.2 Å². The van der Waals surface area contributed by atoms with Gasteiger partial charge in [0.05, 0.1) is 33.0 Å². The maximum Gasteiger partial charge on any atom is 0.0701 e. The van der Waals surface area contributed by atoms with Crippen LogP contribution in [0.5, 0.6) is 0 Å². The molecule has 0 aromatic rings. The van der Waals surface area contributed by atoms with Gasteiger partial charge in [0.1, 0.15) is 0 Å². The Hall–Kier alpha value is -0.200. The molecule has 0 aliphatic carbocycles. The summed E-state index contributed by atoms with van der Waals surface area (Å²) >= 11 is 0. The van der Waals surface area contributed by atoms with E-state index in [1.165, 1.54) is 6.42 Å². The lowest BCUT2D eigenvalue weighted by molar-refractivity contribution is 0.00859. The van der Waals surface area contributed by atoms with Crippen molar-refractivity contribution in [3.8, 4) is 0 Å². The van der Waals surface area contributed by atoms with E-state index in [2.05, 4.69) is 31.0 Å². The van der Waals surface area contributed by atoms with Gasteiger partial charge in [0.25, 0.3) is 0 Å². The van der Waals surface area contributed by atoms with Gasteiger partial charge in [0.2, 0.25) is 0 Å². The van der Waals surface area contributed by atoms with E-state index in [1.54, 1.807) is 7.11 Å². The SMILES string of the molecule is CCC(C)C1CNC(C)CN1CCOCCOCCOC. The molecule has 3 unspecified atom stereocenters. The highest BCUT2D eigenvalue weighted by molar-refractivity contribution is 4.86. The Morgan fingerprint density at radius 3 is 2.48 bits per heavy atom. The van der Waals surface area contributed by atoms with Gasteiger partial charge in [-0.2, -0.15) is 0 Å². The van der Waals surface area contributed by atoms with E-state index in [0.717, 1.165) is 32.2 Å². The number of piperazine rings is 1. The minimum absolute atomic E-state index is 0.572. The van der Waals surface area contributed by atoms with Crippen LogP contribution in [-0.4, -0.2) is 76.8 Å². The number of hydrogen-bond acceptors (Lipinski definition) is 5. The summed E-state index contributed by atoms with van der Waals surface area (Å²) in [4.78, 5) is 2.58. The van der Waals surface area contributed by atoms with Gasteiger partial charge in [0.15, 0.2) is 0 Å². The van der Waals surface area contributed by atoms with Gasteiger partial charge < -0.3 is 19.5 Å². The van der Waals surface area contributed by atoms with E-state index in [9.17, 15) is 0 Å². The summed E-state index contributed by atoms with van der Waals surface area (Å²) in [6.07, 6.45) is 1.23. The maximum atomic E-state index is 5.69. The van der Waals surface area contributed by atoms with E-state index < -0.39 is 0 Å². The first-order chi connectivity index (χ1) is 10.2.